The molecule has 0 aliphatic rings. The van der Waals surface area contributed by atoms with Crippen molar-refractivity contribution in [2.45, 2.75) is 27.7 Å². The highest BCUT2D eigenvalue weighted by Gasteiger charge is 2.13. The van der Waals surface area contributed by atoms with Gasteiger partial charge in [0.25, 0.3) is 5.91 Å². The third kappa shape index (κ3) is 3.09. The van der Waals surface area contributed by atoms with E-state index < -0.39 is 0 Å². The number of nitrogens with zero attached hydrogens (tertiary/aromatic N) is 2. The molecule has 2 heterocycles. The van der Waals surface area contributed by atoms with Gasteiger partial charge in [0.15, 0.2) is 0 Å². The average Bonchev–Trinajstić information content (AvgIpc) is 2.64. The molecule has 0 bridgehead atoms. The van der Waals surface area contributed by atoms with Crippen LogP contribution in [-0.4, -0.2) is 15.9 Å². The monoisotopic (exact) mass is 260 g/mol. The number of carbonyl (C=O) groups is 1. The molecule has 1 amide bonds. The topological polar surface area (TPSA) is 80.0 Å². The first-order valence-electron chi connectivity index (χ1n) is 5.91. The number of aryl methyl sites for hydroxylation is 4. The second-order valence-corrected chi connectivity index (χ2v) is 4.38. The van der Waals surface area contributed by atoms with Crippen LogP contribution in [0.25, 0.3) is 0 Å². The van der Waals surface area contributed by atoms with Crippen LogP contribution in [0.2, 0.25) is 0 Å². The number of nitrogens with one attached hydrogen (secondary N) is 2. The van der Waals surface area contributed by atoms with E-state index in [0.717, 1.165) is 11.4 Å². The van der Waals surface area contributed by atoms with E-state index >= 15 is 0 Å². The molecule has 0 aliphatic carbocycles. The van der Waals surface area contributed by atoms with E-state index in [0.29, 0.717) is 23.0 Å². The summed E-state index contributed by atoms with van der Waals surface area (Å²) in [6, 6.07) is 3.55. The smallest absolute Gasteiger partial charge is 0.273 e. The van der Waals surface area contributed by atoms with Crippen molar-refractivity contribution in [3.8, 4) is 0 Å². The van der Waals surface area contributed by atoms with Gasteiger partial charge in [-0.05, 0) is 39.8 Å². The first-order chi connectivity index (χ1) is 8.95. The Labute approximate surface area is 111 Å². The standard InChI is InChI=1S/C13H16N4O2/c1-7-5-8(2)15-13(14-7)17-16-12(18)11-6-9(3)19-10(11)4/h5-6H,1-4H3,(H,16,18)(H,14,15,17). The molecule has 2 N–H and O–H groups in total. The maximum atomic E-state index is 11.9. The van der Waals surface area contributed by atoms with Crippen molar-refractivity contribution in [3.05, 3.63) is 40.6 Å². The molecule has 0 radical (unpaired) electrons. The second-order valence-electron chi connectivity index (χ2n) is 4.38. The van der Waals surface area contributed by atoms with Crippen molar-refractivity contribution in [1.29, 1.82) is 0 Å². The number of hydrogen-bond acceptors (Lipinski definition) is 5. The first-order valence-corrected chi connectivity index (χ1v) is 5.91. The normalized spacial score (nSPS) is 10.3. The Kier molecular flexibility index (Phi) is 3.50. The maximum absolute atomic E-state index is 11.9. The van der Waals surface area contributed by atoms with E-state index in [4.69, 9.17) is 4.42 Å². The summed E-state index contributed by atoms with van der Waals surface area (Å²) in [6.07, 6.45) is 0. The number of furan rings is 1. The molecule has 0 aromatic carbocycles. The summed E-state index contributed by atoms with van der Waals surface area (Å²) in [7, 11) is 0. The van der Waals surface area contributed by atoms with Gasteiger partial charge in [-0.2, -0.15) is 0 Å². The van der Waals surface area contributed by atoms with Crippen molar-refractivity contribution in [3.63, 3.8) is 0 Å². The highest BCUT2D eigenvalue weighted by atomic mass is 16.3. The van der Waals surface area contributed by atoms with Crippen LogP contribution in [0, 0.1) is 27.7 Å². The quantitative estimate of drug-likeness (QED) is 0.826. The van der Waals surface area contributed by atoms with Gasteiger partial charge in [0.1, 0.15) is 11.5 Å². The van der Waals surface area contributed by atoms with Crippen LogP contribution in [0.1, 0.15) is 33.3 Å². The van der Waals surface area contributed by atoms with E-state index in [-0.39, 0.29) is 5.91 Å². The third-order valence-corrected chi connectivity index (χ3v) is 2.56. The van der Waals surface area contributed by atoms with Gasteiger partial charge in [-0.3, -0.25) is 15.6 Å². The zero-order valence-electron chi connectivity index (χ0n) is 11.4. The molecule has 0 saturated carbocycles. The van der Waals surface area contributed by atoms with Gasteiger partial charge in [0, 0.05) is 11.4 Å². The van der Waals surface area contributed by atoms with Crippen molar-refractivity contribution < 1.29 is 9.21 Å². The SMILES string of the molecule is Cc1cc(C)nc(NNC(=O)c2cc(C)oc2C)n1. The van der Waals surface area contributed by atoms with Crippen molar-refractivity contribution >= 4 is 11.9 Å². The Morgan fingerprint density at radius 3 is 2.26 bits per heavy atom. The predicted molar refractivity (Wildman–Crippen MR) is 70.8 cm³/mol. The minimum Gasteiger partial charge on any atom is -0.466 e. The number of hydrazine groups is 1. The Bertz CT molecular complexity index is 599. The zero-order valence-corrected chi connectivity index (χ0v) is 11.4. The zero-order chi connectivity index (χ0) is 14.0. The van der Waals surface area contributed by atoms with Crippen LogP contribution in [0.4, 0.5) is 5.95 Å². The highest BCUT2D eigenvalue weighted by Crippen LogP contribution is 2.13. The molecule has 2 aromatic rings. The molecule has 0 unspecified atom stereocenters. The van der Waals surface area contributed by atoms with Gasteiger partial charge >= 0.3 is 0 Å². The Morgan fingerprint density at radius 2 is 1.74 bits per heavy atom. The Hall–Kier alpha value is -2.37. The number of rotatable bonds is 3. The van der Waals surface area contributed by atoms with E-state index in [2.05, 4.69) is 20.8 Å². The van der Waals surface area contributed by atoms with Gasteiger partial charge in [-0.15, -0.1) is 0 Å². The predicted octanol–water partition coefficient (Wildman–Crippen LogP) is 2.06. The third-order valence-electron chi connectivity index (χ3n) is 2.56. The second kappa shape index (κ2) is 5.09. The molecule has 19 heavy (non-hydrogen) atoms. The number of carbonyl (C=O) groups excluding carboxylic acids is 1. The molecule has 6 nitrogen and oxygen atoms in total. The largest absolute Gasteiger partial charge is 0.466 e. The molecule has 2 aromatic heterocycles. The number of anilines is 1. The summed E-state index contributed by atoms with van der Waals surface area (Å²) in [6.45, 7) is 7.27. The van der Waals surface area contributed by atoms with Crippen LogP contribution in [-0.2, 0) is 0 Å². The summed E-state index contributed by atoms with van der Waals surface area (Å²) in [4.78, 5) is 20.3. The lowest BCUT2D eigenvalue weighted by Crippen LogP contribution is -2.30. The summed E-state index contributed by atoms with van der Waals surface area (Å²) >= 11 is 0. The molecule has 0 aliphatic heterocycles. The van der Waals surface area contributed by atoms with Crippen molar-refractivity contribution in [1.82, 2.24) is 15.4 Å². The fourth-order valence-electron chi connectivity index (χ4n) is 1.82. The van der Waals surface area contributed by atoms with Crippen molar-refractivity contribution in [2.24, 2.45) is 0 Å². The van der Waals surface area contributed by atoms with E-state index in [9.17, 15) is 4.79 Å². The molecule has 0 atom stereocenters. The molecule has 0 fully saturated rings. The molecule has 100 valence electrons. The van der Waals surface area contributed by atoms with Gasteiger partial charge in [-0.25, -0.2) is 9.97 Å². The van der Waals surface area contributed by atoms with Crippen LogP contribution in [0.3, 0.4) is 0 Å². The molecule has 2 rings (SSSR count). The van der Waals surface area contributed by atoms with Gasteiger partial charge in [0.05, 0.1) is 5.56 Å². The molecular weight excluding hydrogens is 244 g/mol. The molecule has 0 spiro atoms. The lowest BCUT2D eigenvalue weighted by molar-refractivity contribution is 0.0960. The summed E-state index contributed by atoms with van der Waals surface area (Å²) in [5.74, 6) is 1.37. The van der Waals surface area contributed by atoms with E-state index in [1.54, 1.807) is 19.9 Å². The molecule has 0 saturated heterocycles. The van der Waals surface area contributed by atoms with Crippen LogP contribution in [0.15, 0.2) is 16.5 Å². The number of hydrogen-bond donors (Lipinski definition) is 2. The minimum atomic E-state index is -0.280. The lowest BCUT2D eigenvalue weighted by Gasteiger charge is -2.07. The van der Waals surface area contributed by atoms with Gasteiger partial charge < -0.3 is 4.42 Å². The molecule has 6 heteroatoms. The Balaban J connectivity index is 2.06. The fraction of sp³-hybridized carbons (Fsp3) is 0.308. The number of aromatic nitrogens is 2. The number of amides is 1. The van der Waals surface area contributed by atoms with Crippen LogP contribution >= 0.6 is 0 Å². The first kappa shape index (κ1) is 13.1. The summed E-state index contributed by atoms with van der Waals surface area (Å²) < 4.78 is 5.31. The summed E-state index contributed by atoms with van der Waals surface area (Å²) in [5.41, 5.74) is 7.41. The van der Waals surface area contributed by atoms with Gasteiger partial charge in [0.2, 0.25) is 5.95 Å². The lowest BCUT2D eigenvalue weighted by atomic mass is 10.2. The maximum Gasteiger partial charge on any atom is 0.273 e. The van der Waals surface area contributed by atoms with Crippen molar-refractivity contribution in [2.75, 3.05) is 5.43 Å². The van der Waals surface area contributed by atoms with E-state index in [1.807, 2.05) is 19.9 Å². The van der Waals surface area contributed by atoms with Crippen LogP contribution in [0.5, 0.6) is 0 Å². The average molecular weight is 260 g/mol. The van der Waals surface area contributed by atoms with Crippen LogP contribution < -0.4 is 10.9 Å². The highest BCUT2D eigenvalue weighted by molar-refractivity contribution is 5.95. The summed E-state index contributed by atoms with van der Waals surface area (Å²) in [5, 5.41) is 0. The minimum absolute atomic E-state index is 0.280. The van der Waals surface area contributed by atoms with Gasteiger partial charge in [-0.1, -0.05) is 0 Å². The Morgan fingerprint density at radius 1 is 1.11 bits per heavy atom. The molecular formula is C13H16N4O2. The van der Waals surface area contributed by atoms with E-state index in [1.165, 1.54) is 0 Å². The fourth-order valence-corrected chi connectivity index (χ4v) is 1.82.